The van der Waals surface area contributed by atoms with E-state index in [-0.39, 0.29) is 11.5 Å². The highest BCUT2D eigenvalue weighted by Crippen LogP contribution is 1.97. The van der Waals surface area contributed by atoms with Crippen molar-refractivity contribution in [3.05, 3.63) is 11.9 Å². The number of hydrazine groups is 1. The molecule has 88 valence electrons. The quantitative estimate of drug-likeness (QED) is 0.172. The number of nitrogens with one attached hydrogen (secondary N) is 2. The van der Waals surface area contributed by atoms with Crippen molar-refractivity contribution < 1.29 is 17.5 Å². The first kappa shape index (κ1) is 13.6. The Hall–Kier alpha value is -1.40. The van der Waals surface area contributed by atoms with Crippen molar-refractivity contribution in [2.75, 3.05) is 0 Å². The Balaban J connectivity index is 0.000000336. The van der Waals surface area contributed by atoms with Crippen LogP contribution in [0.2, 0.25) is 0 Å². The van der Waals surface area contributed by atoms with Crippen molar-refractivity contribution in [3.63, 3.8) is 0 Å². The first-order chi connectivity index (χ1) is 6.63. The number of nitrogens with two attached hydrogens (primary N) is 3. The van der Waals surface area contributed by atoms with Gasteiger partial charge in [0, 0.05) is 6.20 Å². The maximum Gasteiger partial charge on any atom is 0.394 e. The molecule has 1 unspecified atom stereocenters. The first-order valence-electron chi connectivity index (χ1n) is 3.43. The first-order valence-corrected chi connectivity index (χ1v) is 4.82. The van der Waals surface area contributed by atoms with Gasteiger partial charge in [-0.3, -0.25) is 25.3 Å². The van der Waals surface area contributed by atoms with E-state index in [4.69, 9.17) is 40.2 Å². The Morgan fingerprint density at radius 2 is 1.93 bits per heavy atom. The second kappa shape index (κ2) is 4.90. The lowest BCUT2D eigenvalue weighted by atomic mass is 10.4. The molecule has 0 aromatic rings. The van der Waals surface area contributed by atoms with Crippen LogP contribution in [0.4, 0.5) is 0 Å². The zero-order chi connectivity index (χ0) is 12.2. The summed E-state index contributed by atoms with van der Waals surface area (Å²) in [5.41, 5.74) is 11.0. The van der Waals surface area contributed by atoms with Crippen LogP contribution in [0.1, 0.15) is 0 Å². The summed E-state index contributed by atoms with van der Waals surface area (Å²) in [4.78, 5) is 0. The third kappa shape index (κ3) is 5.82. The predicted molar refractivity (Wildman–Crippen MR) is 51.3 cm³/mol. The number of nitrogens with zero attached hydrogens (tertiary/aromatic N) is 1. The van der Waals surface area contributed by atoms with E-state index in [1.807, 2.05) is 0 Å². The Morgan fingerprint density at radius 3 is 2.27 bits per heavy atom. The summed E-state index contributed by atoms with van der Waals surface area (Å²) in [6, 6.07) is 0. The van der Waals surface area contributed by atoms with Crippen LogP contribution < -0.4 is 22.6 Å². The van der Waals surface area contributed by atoms with Gasteiger partial charge in [0.25, 0.3) is 0 Å². The van der Waals surface area contributed by atoms with E-state index in [1.54, 1.807) is 0 Å². The molecule has 1 aliphatic rings. The Labute approximate surface area is 85.8 Å². The number of hydrogen-bond acceptors (Lipinski definition) is 7. The van der Waals surface area contributed by atoms with E-state index in [0.29, 0.717) is 0 Å². The monoisotopic (exact) mass is 240 g/mol. The Morgan fingerprint density at radius 1 is 1.53 bits per heavy atom. The summed E-state index contributed by atoms with van der Waals surface area (Å²) in [5, 5.41) is 10.9. The summed E-state index contributed by atoms with van der Waals surface area (Å²) >= 11 is 0. The third-order valence-electron chi connectivity index (χ3n) is 1.24. The minimum atomic E-state index is -4.67. The summed E-state index contributed by atoms with van der Waals surface area (Å²) < 4.78 is 31.6. The van der Waals surface area contributed by atoms with Gasteiger partial charge in [0.1, 0.15) is 0 Å². The van der Waals surface area contributed by atoms with Crippen LogP contribution in [0.3, 0.4) is 0 Å². The summed E-state index contributed by atoms with van der Waals surface area (Å²) in [7, 11) is -4.67. The normalized spacial score (nSPS) is 21.1. The molecule has 1 atom stereocenters. The highest BCUT2D eigenvalue weighted by atomic mass is 32.3. The molecule has 0 radical (unpaired) electrons. The van der Waals surface area contributed by atoms with Gasteiger partial charge < -0.3 is 11.1 Å². The summed E-state index contributed by atoms with van der Waals surface area (Å²) in [6.07, 6.45) is 0.899. The molecule has 15 heavy (non-hydrogen) atoms. The van der Waals surface area contributed by atoms with Crippen LogP contribution in [-0.2, 0) is 10.4 Å². The topological polar surface area (TPSA) is 192 Å². The SMILES string of the molecule is N=C1C(N)=CNC(N)N1N.O=S(=O)(O)O. The van der Waals surface area contributed by atoms with Gasteiger partial charge in [-0.1, -0.05) is 0 Å². The van der Waals surface area contributed by atoms with Crippen LogP contribution in [0.25, 0.3) is 0 Å². The van der Waals surface area contributed by atoms with Crippen LogP contribution in [0.15, 0.2) is 11.9 Å². The fraction of sp³-hybridized carbons (Fsp3) is 0.250. The molecule has 0 fully saturated rings. The van der Waals surface area contributed by atoms with Gasteiger partial charge in [-0.25, -0.2) is 5.84 Å². The van der Waals surface area contributed by atoms with Crippen molar-refractivity contribution in [2.45, 2.75) is 6.29 Å². The second-order valence-electron chi connectivity index (χ2n) is 2.41. The Kier molecular flexibility index (Phi) is 4.44. The van der Waals surface area contributed by atoms with Gasteiger partial charge in [-0.05, 0) is 0 Å². The van der Waals surface area contributed by atoms with Gasteiger partial charge in [0.15, 0.2) is 12.1 Å². The Bertz CT molecular complexity index is 355. The van der Waals surface area contributed by atoms with E-state index in [9.17, 15) is 0 Å². The molecule has 1 aliphatic heterocycles. The van der Waals surface area contributed by atoms with Crippen molar-refractivity contribution in [1.29, 1.82) is 5.41 Å². The standard InChI is InChI=1S/C4H10N6.H2O4S/c5-2-1-9-4(7)10(8)3(2)6;1-5(2,3)4/h1,4,6,9H,5,7-8H2;(H2,1,2,3,4). The molecule has 0 aromatic carbocycles. The van der Waals surface area contributed by atoms with Gasteiger partial charge >= 0.3 is 10.4 Å². The van der Waals surface area contributed by atoms with E-state index in [2.05, 4.69) is 5.32 Å². The molecule has 1 heterocycles. The van der Waals surface area contributed by atoms with Crippen LogP contribution >= 0.6 is 0 Å². The number of hydrogen-bond donors (Lipinski definition) is 7. The highest BCUT2D eigenvalue weighted by molar-refractivity contribution is 7.79. The van der Waals surface area contributed by atoms with E-state index >= 15 is 0 Å². The molecule has 11 heteroatoms. The lowest BCUT2D eigenvalue weighted by molar-refractivity contribution is 0.288. The zero-order valence-electron chi connectivity index (χ0n) is 7.45. The molecule has 0 amide bonds. The lowest BCUT2D eigenvalue weighted by Crippen LogP contribution is -2.60. The van der Waals surface area contributed by atoms with Gasteiger partial charge in [0.2, 0.25) is 0 Å². The molecule has 1 rings (SSSR count). The molecular formula is C4H12N6O4S. The average Bonchev–Trinajstić information content (AvgIpc) is 2.05. The minimum absolute atomic E-state index is 0.0336. The fourth-order valence-electron chi connectivity index (χ4n) is 0.612. The molecule has 10 N–H and O–H groups in total. The molecule has 10 nitrogen and oxygen atoms in total. The lowest BCUT2D eigenvalue weighted by Gasteiger charge is -2.30. The minimum Gasteiger partial charge on any atom is -0.395 e. The van der Waals surface area contributed by atoms with Crippen LogP contribution in [-0.4, -0.2) is 34.7 Å². The van der Waals surface area contributed by atoms with Crippen molar-refractivity contribution in [3.8, 4) is 0 Å². The van der Waals surface area contributed by atoms with E-state index < -0.39 is 16.7 Å². The predicted octanol–water partition coefficient (Wildman–Crippen LogP) is -2.87. The molecule has 0 aliphatic carbocycles. The molecular weight excluding hydrogens is 228 g/mol. The molecule has 0 aromatic heterocycles. The maximum atomic E-state index is 8.74. The second-order valence-corrected chi connectivity index (χ2v) is 3.31. The van der Waals surface area contributed by atoms with Gasteiger partial charge in [0.05, 0.1) is 5.70 Å². The van der Waals surface area contributed by atoms with Crippen LogP contribution in [0, 0.1) is 5.41 Å². The van der Waals surface area contributed by atoms with Crippen molar-refractivity contribution in [2.24, 2.45) is 17.3 Å². The molecule has 0 bridgehead atoms. The van der Waals surface area contributed by atoms with Crippen molar-refractivity contribution >= 4 is 16.2 Å². The summed E-state index contributed by atoms with van der Waals surface area (Å²) in [5.74, 6) is 5.35. The van der Waals surface area contributed by atoms with Gasteiger partial charge in [-0.2, -0.15) is 8.42 Å². The number of amidine groups is 1. The molecule has 0 saturated carbocycles. The fourth-order valence-corrected chi connectivity index (χ4v) is 0.612. The number of rotatable bonds is 0. The largest absolute Gasteiger partial charge is 0.395 e. The average molecular weight is 240 g/mol. The third-order valence-corrected chi connectivity index (χ3v) is 1.24. The van der Waals surface area contributed by atoms with Gasteiger partial charge in [-0.15, -0.1) is 0 Å². The van der Waals surface area contributed by atoms with E-state index in [0.717, 1.165) is 5.01 Å². The molecule has 0 spiro atoms. The molecule has 0 saturated heterocycles. The van der Waals surface area contributed by atoms with E-state index in [1.165, 1.54) is 6.20 Å². The zero-order valence-corrected chi connectivity index (χ0v) is 8.27. The maximum absolute atomic E-state index is 8.74. The smallest absolute Gasteiger partial charge is 0.394 e. The summed E-state index contributed by atoms with van der Waals surface area (Å²) in [6.45, 7) is 0. The van der Waals surface area contributed by atoms with Crippen molar-refractivity contribution in [1.82, 2.24) is 10.3 Å². The highest BCUT2D eigenvalue weighted by Gasteiger charge is 2.18. The van der Waals surface area contributed by atoms with Crippen LogP contribution in [0.5, 0.6) is 0 Å².